The van der Waals surface area contributed by atoms with Gasteiger partial charge < -0.3 is 20.4 Å². The molecule has 8 nitrogen and oxygen atoms in total. The number of aromatic amines is 1. The Morgan fingerprint density at radius 3 is 2.73 bits per heavy atom. The molecule has 1 fully saturated rings. The molecule has 3 rings (SSSR count). The van der Waals surface area contributed by atoms with Crippen LogP contribution in [-0.2, 0) is 6.54 Å². The smallest absolute Gasteiger partial charge is 0.327 e. The maximum atomic E-state index is 12.3. The highest BCUT2D eigenvalue weighted by atomic mass is 16.5. The molecule has 0 unspecified atom stereocenters. The average Bonchev–Trinajstić information content (AvgIpc) is 2.93. The van der Waals surface area contributed by atoms with E-state index in [9.17, 15) is 4.79 Å². The predicted molar refractivity (Wildman–Crippen MR) is 102 cm³/mol. The van der Waals surface area contributed by atoms with Gasteiger partial charge in [0, 0.05) is 6.54 Å². The Balaban J connectivity index is 1.74. The number of imidazole rings is 1. The number of hydrogen-bond acceptors (Lipinski definition) is 6. The van der Waals surface area contributed by atoms with E-state index >= 15 is 0 Å². The molecule has 1 saturated heterocycles. The fourth-order valence-electron chi connectivity index (χ4n) is 3.57. The van der Waals surface area contributed by atoms with Gasteiger partial charge >= 0.3 is 11.7 Å². The molecule has 8 heteroatoms. The van der Waals surface area contributed by atoms with Crippen LogP contribution in [0, 0.1) is 0 Å². The minimum atomic E-state index is -0.196. The molecule has 0 radical (unpaired) electrons. The molecule has 0 amide bonds. The molecule has 3 N–H and O–H groups in total. The standard InChI is InChI=1S/C18H30N6O2/c1-3-8-13(2)26-17-21-15(19)14-16(22-17)24(18(25)20-14)12-7-11-23-9-5-4-6-10-23/h13H,3-12H2,1-2H3,(H,20,25)(H2,19,21,22)/t13-/m0/s1. The van der Waals surface area contributed by atoms with E-state index < -0.39 is 0 Å². The maximum absolute atomic E-state index is 12.3. The number of ether oxygens (including phenoxy) is 1. The lowest BCUT2D eigenvalue weighted by atomic mass is 10.1. The van der Waals surface area contributed by atoms with Crippen molar-refractivity contribution in [2.24, 2.45) is 0 Å². The van der Waals surface area contributed by atoms with Gasteiger partial charge in [0.25, 0.3) is 0 Å². The van der Waals surface area contributed by atoms with Gasteiger partial charge in [-0.25, -0.2) is 4.79 Å². The van der Waals surface area contributed by atoms with Crippen LogP contribution in [0.1, 0.15) is 52.4 Å². The zero-order valence-electron chi connectivity index (χ0n) is 15.8. The molecular formula is C18H30N6O2. The number of H-pyrrole nitrogens is 1. The second-order valence-electron chi connectivity index (χ2n) is 7.14. The Morgan fingerprint density at radius 2 is 2.00 bits per heavy atom. The second-order valence-corrected chi connectivity index (χ2v) is 7.14. The quantitative estimate of drug-likeness (QED) is 0.746. The van der Waals surface area contributed by atoms with E-state index in [-0.39, 0.29) is 23.6 Å². The Morgan fingerprint density at radius 1 is 1.23 bits per heavy atom. The molecule has 0 aliphatic carbocycles. The Labute approximate surface area is 153 Å². The van der Waals surface area contributed by atoms with Crippen molar-refractivity contribution in [3.63, 3.8) is 0 Å². The van der Waals surface area contributed by atoms with Crippen molar-refractivity contribution in [3.8, 4) is 6.01 Å². The molecule has 3 heterocycles. The summed E-state index contributed by atoms with van der Waals surface area (Å²) < 4.78 is 7.42. The summed E-state index contributed by atoms with van der Waals surface area (Å²) in [7, 11) is 0. The average molecular weight is 362 g/mol. The highest BCUT2D eigenvalue weighted by molar-refractivity contribution is 5.81. The molecule has 0 bridgehead atoms. The molecule has 0 aromatic carbocycles. The summed E-state index contributed by atoms with van der Waals surface area (Å²) in [6.07, 6.45) is 6.71. The van der Waals surface area contributed by atoms with Crippen LogP contribution in [0.25, 0.3) is 11.2 Å². The van der Waals surface area contributed by atoms with E-state index in [1.807, 2.05) is 6.92 Å². The van der Waals surface area contributed by atoms with Gasteiger partial charge in [-0.05, 0) is 52.2 Å². The van der Waals surface area contributed by atoms with Crippen LogP contribution in [0.15, 0.2) is 4.79 Å². The number of hydrogen-bond donors (Lipinski definition) is 2. The number of nitrogens with zero attached hydrogens (tertiary/aromatic N) is 4. The molecule has 0 spiro atoms. The molecule has 144 valence electrons. The van der Waals surface area contributed by atoms with Crippen LogP contribution in [0.5, 0.6) is 6.01 Å². The van der Waals surface area contributed by atoms with E-state index in [0.29, 0.717) is 17.7 Å². The van der Waals surface area contributed by atoms with E-state index in [2.05, 4.69) is 26.8 Å². The van der Waals surface area contributed by atoms with Gasteiger partial charge in [-0.2, -0.15) is 9.97 Å². The fourth-order valence-corrected chi connectivity index (χ4v) is 3.57. The number of nitrogens with one attached hydrogen (secondary N) is 1. The van der Waals surface area contributed by atoms with Crippen LogP contribution in [0.2, 0.25) is 0 Å². The number of piperidine rings is 1. The van der Waals surface area contributed by atoms with Crippen molar-refractivity contribution in [2.45, 2.75) is 65.0 Å². The van der Waals surface area contributed by atoms with Crippen molar-refractivity contribution < 1.29 is 4.74 Å². The van der Waals surface area contributed by atoms with Crippen LogP contribution >= 0.6 is 0 Å². The second kappa shape index (κ2) is 8.53. The summed E-state index contributed by atoms with van der Waals surface area (Å²) in [5.41, 5.74) is 6.83. The Kier molecular flexibility index (Phi) is 6.13. The first kappa shape index (κ1) is 18.7. The van der Waals surface area contributed by atoms with Crippen molar-refractivity contribution in [1.82, 2.24) is 24.4 Å². The van der Waals surface area contributed by atoms with E-state index in [4.69, 9.17) is 10.5 Å². The van der Waals surface area contributed by atoms with E-state index in [0.717, 1.165) is 38.9 Å². The highest BCUT2D eigenvalue weighted by Gasteiger charge is 2.16. The third-order valence-corrected chi connectivity index (χ3v) is 4.94. The number of fused-ring (bicyclic) bond motifs is 1. The van der Waals surface area contributed by atoms with E-state index in [1.165, 1.54) is 19.3 Å². The number of aryl methyl sites for hydroxylation is 1. The topological polar surface area (TPSA) is 102 Å². The molecule has 2 aromatic heterocycles. The lowest BCUT2D eigenvalue weighted by molar-refractivity contribution is 0.193. The fraction of sp³-hybridized carbons (Fsp3) is 0.722. The third-order valence-electron chi connectivity index (χ3n) is 4.94. The van der Waals surface area contributed by atoms with Gasteiger partial charge in [0.2, 0.25) is 0 Å². The minimum absolute atomic E-state index is 0.00932. The van der Waals surface area contributed by atoms with Gasteiger partial charge in [-0.3, -0.25) is 4.57 Å². The van der Waals surface area contributed by atoms with Gasteiger partial charge in [0.1, 0.15) is 5.52 Å². The summed E-state index contributed by atoms with van der Waals surface area (Å²) in [6, 6.07) is 0.236. The molecule has 1 aliphatic rings. The predicted octanol–water partition coefficient (Wildman–Crippen LogP) is 2.15. The SMILES string of the molecule is CCC[C@H](C)Oc1nc(N)c2[nH]c(=O)n(CCCN3CCCCC3)c2n1. The largest absolute Gasteiger partial charge is 0.460 e. The number of aromatic nitrogens is 4. The third kappa shape index (κ3) is 4.35. The summed E-state index contributed by atoms with van der Waals surface area (Å²) >= 11 is 0. The summed E-state index contributed by atoms with van der Waals surface area (Å²) in [5.74, 6) is 0.251. The first-order chi connectivity index (χ1) is 12.6. The number of anilines is 1. The summed E-state index contributed by atoms with van der Waals surface area (Å²) in [5, 5.41) is 0. The molecule has 26 heavy (non-hydrogen) atoms. The Bertz CT molecular complexity index is 778. The summed E-state index contributed by atoms with van der Waals surface area (Å²) in [4.78, 5) is 26.2. The van der Waals surface area contributed by atoms with Crippen molar-refractivity contribution in [3.05, 3.63) is 10.5 Å². The monoisotopic (exact) mass is 362 g/mol. The lowest BCUT2D eigenvalue weighted by Gasteiger charge is -2.26. The number of nitrogen functional groups attached to an aromatic ring is 1. The molecular weight excluding hydrogens is 332 g/mol. The lowest BCUT2D eigenvalue weighted by Crippen LogP contribution is -2.31. The highest BCUT2D eigenvalue weighted by Crippen LogP contribution is 2.19. The summed E-state index contributed by atoms with van der Waals surface area (Å²) in [6.45, 7) is 8.00. The number of rotatable bonds is 8. The van der Waals surface area contributed by atoms with Crippen molar-refractivity contribution in [1.29, 1.82) is 0 Å². The van der Waals surface area contributed by atoms with Crippen molar-refractivity contribution in [2.75, 3.05) is 25.4 Å². The van der Waals surface area contributed by atoms with Gasteiger partial charge in [0.15, 0.2) is 11.5 Å². The van der Waals surface area contributed by atoms with Crippen molar-refractivity contribution >= 4 is 17.0 Å². The van der Waals surface area contributed by atoms with Crippen LogP contribution in [-0.4, -0.2) is 50.2 Å². The number of likely N-dealkylation sites (tertiary alicyclic amines) is 1. The minimum Gasteiger partial charge on any atom is -0.460 e. The molecule has 1 atom stereocenters. The molecule has 1 aliphatic heterocycles. The van der Waals surface area contributed by atoms with Gasteiger partial charge in [-0.15, -0.1) is 0 Å². The maximum Gasteiger partial charge on any atom is 0.327 e. The van der Waals surface area contributed by atoms with Crippen LogP contribution in [0.4, 0.5) is 5.82 Å². The zero-order valence-corrected chi connectivity index (χ0v) is 15.8. The first-order valence-corrected chi connectivity index (χ1v) is 9.73. The van der Waals surface area contributed by atoms with Gasteiger partial charge in [-0.1, -0.05) is 19.8 Å². The van der Waals surface area contributed by atoms with Crippen LogP contribution in [0.3, 0.4) is 0 Å². The van der Waals surface area contributed by atoms with Gasteiger partial charge in [0.05, 0.1) is 6.10 Å². The number of nitrogens with two attached hydrogens (primary N) is 1. The molecule has 0 saturated carbocycles. The molecule has 2 aromatic rings. The first-order valence-electron chi connectivity index (χ1n) is 9.73. The zero-order chi connectivity index (χ0) is 18.5. The van der Waals surface area contributed by atoms with Crippen LogP contribution < -0.4 is 16.2 Å². The van der Waals surface area contributed by atoms with E-state index in [1.54, 1.807) is 4.57 Å². The Hall–Kier alpha value is -2.09. The normalized spacial score (nSPS) is 16.8.